The highest BCUT2D eigenvalue weighted by Crippen LogP contribution is 2.18. The van der Waals surface area contributed by atoms with Crippen LogP contribution in [0.2, 0.25) is 0 Å². The molecule has 0 fully saturated rings. The summed E-state index contributed by atoms with van der Waals surface area (Å²) in [4.78, 5) is 33.4. The van der Waals surface area contributed by atoms with E-state index < -0.39 is 0 Å². The molecule has 8 nitrogen and oxygen atoms in total. The molecule has 0 aliphatic rings. The first-order valence-corrected chi connectivity index (χ1v) is 9.23. The fraction of sp³-hybridized carbons (Fsp3) is 0.105. The maximum absolute atomic E-state index is 12.6. The smallest absolute Gasteiger partial charge is 0.261 e. The van der Waals surface area contributed by atoms with E-state index in [2.05, 4.69) is 41.4 Å². The molecule has 2 N–H and O–H groups in total. The quantitative estimate of drug-likeness (QED) is 0.509. The second kappa shape index (κ2) is 7.35. The number of hydrogen-bond donors (Lipinski definition) is 2. The summed E-state index contributed by atoms with van der Waals surface area (Å²) in [6.45, 7) is 1.70. The number of fused-ring (bicyclic) bond motifs is 1. The van der Waals surface area contributed by atoms with Gasteiger partial charge in [0, 0.05) is 15.7 Å². The first-order valence-electron chi connectivity index (χ1n) is 8.43. The third-order valence-electron chi connectivity index (χ3n) is 4.12. The fourth-order valence-corrected chi connectivity index (χ4v) is 3.13. The Morgan fingerprint density at radius 3 is 2.71 bits per heavy atom. The van der Waals surface area contributed by atoms with E-state index in [-0.39, 0.29) is 18.0 Å². The SMILES string of the molecule is Cc1nc(-c2ccc(NC(=O)Cn3cnc4ccc(Br)cc4c3=O)cc2)n[nH]1. The molecule has 2 heterocycles. The molecule has 4 rings (SSSR count). The van der Waals surface area contributed by atoms with Gasteiger partial charge in [0.05, 0.1) is 17.2 Å². The highest BCUT2D eigenvalue weighted by molar-refractivity contribution is 9.10. The first kappa shape index (κ1) is 18.1. The minimum absolute atomic E-state index is 0.129. The number of aromatic nitrogens is 5. The van der Waals surface area contributed by atoms with Gasteiger partial charge in [0.1, 0.15) is 12.4 Å². The molecule has 0 atom stereocenters. The Bertz CT molecular complexity index is 1230. The van der Waals surface area contributed by atoms with Gasteiger partial charge in [-0.05, 0) is 49.4 Å². The molecular weight excluding hydrogens is 424 g/mol. The minimum atomic E-state index is -0.320. The topological polar surface area (TPSA) is 106 Å². The number of anilines is 1. The molecular formula is C19H15BrN6O2. The number of rotatable bonds is 4. The van der Waals surface area contributed by atoms with Gasteiger partial charge in [-0.3, -0.25) is 19.3 Å². The molecule has 9 heteroatoms. The molecule has 140 valence electrons. The van der Waals surface area contributed by atoms with Crippen molar-refractivity contribution in [1.82, 2.24) is 24.7 Å². The van der Waals surface area contributed by atoms with E-state index >= 15 is 0 Å². The third-order valence-corrected chi connectivity index (χ3v) is 4.62. The third kappa shape index (κ3) is 3.70. The largest absolute Gasteiger partial charge is 0.325 e. The molecule has 0 radical (unpaired) electrons. The Morgan fingerprint density at radius 2 is 2.00 bits per heavy atom. The molecule has 0 saturated carbocycles. The highest BCUT2D eigenvalue weighted by Gasteiger charge is 2.10. The van der Waals surface area contributed by atoms with Crippen molar-refractivity contribution >= 4 is 38.4 Å². The van der Waals surface area contributed by atoms with Gasteiger partial charge in [0.25, 0.3) is 5.56 Å². The van der Waals surface area contributed by atoms with E-state index in [0.29, 0.717) is 22.4 Å². The van der Waals surface area contributed by atoms with Crippen LogP contribution in [0.4, 0.5) is 5.69 Å². The summed E-state index contributed by atoms with van der Waals surface area (Å²) in [5.74, 6) is 1.00. The van der Waals surface area contributed by atoms with Crippen LogP contribution in [0.5, 0.6) is 0 Å². The van der Waals surface area contributed by atoms with Gasteiger partial charge in [-0.25, -0.2) is 9.97 Å². The van der Waals surface area contributed by atoms with Crippen molar-refractivity contribution in [2.75, 3.05) is 5.32 Å². The number of H-pyrrole nitrogens is 1. The normalized spacial score (nSPS) is 10.9. The lowest BCUT2D eigenvalue weighted by Crippen LogP contribution is -2.27. The van der Waals surface area contributed by atoms with Crippen molar-refractivity contribution in [3.8, 4) is 11.4 Å². The average molecular weight is 439 g/mol. The minimum Gasteiger partial charge on any atom is -0.325 e. The van der Waals surface area contributed by atoms with Gasteiger partial charge in [-0.15, -0.1) is 0 Å². The van der Waals surface area contributed by atoms with Crippen molar-refractivity contribution < 1.29 is 4.79 Å². The molecule has 1 amide bonds. The summed E-state index contributed by atoms with van der Waals surface area (Å²) in [5, 5.41) is 10.1. The van der Waals surface area contributed by atoms with Gasteiger partial charge >= 0.3 is 0 Å². The Kier molecular flexibility index (Phi) is 4.74. The Balaban J connectivity index is 1.49. The van der Waals surface area contributed by atoms with E-state index in [4.69, 9.17) is 0 Å². The summed E-state index contributed by atoms with van der Waals surface area (Å²) in [5.41, 5.74) is 1.77. The molecule has 0 unspecified atom stereocenters. The lowest BCUT2D eigenvalue weighted by molar-refractivity contribution is -0.116. The number of nitrogens with one attached hydrogen (secondary N) is 2. The van der Waals surface area contributed by atoms with E-state index in [1.165, 1.54) is 10.9 Å². The van der Waals surface area contributed by atoms with Crippen molar-refractivity contribution in [1.29, 1.82) is 0 Å². The first-order chi connectivity index (χ1) is 13.5. The maximum Gasteiger partial charge on any atom is 0.261 e. The van der Waals surface area contributed by atoms with Gasteiger partial charge in [0.2, 0.25) is 5.91 Å². The Hall–Kier alpha value is -3.33. The Morgan fingerprint density at radius 1 is 1.21 bits per heavy atom. The van der Waals surface area contributed by atoms with Gasteiger partial charge in [-0.2, -0.15) is 5.10 Å². The van der Waals surface area contributed by atoms with Crippen LogP contribution in [-0.2, 0) is 11.3 Å². The molecule has 28 heavy (non-hydrogen) atoms. The summed E-state index contributed by atoms with van der Waals surface area (Å²) >= 11 is 3.34. The average Bonchev–Trinajstić information content (AvgIpc) is 3.11. The van der Waals surface area contributed by atoms with Crippen molar-refractivity contribution in [3.05, 3.63) is 69.4 Å². The summed E-state index contributed by atoms with van der Waals surface area (Å²) < 4.78 is 2.07. The predicted octanol–water partition coefficient (Wildman–Crippen LogP) is 2.89. The zero-order chi connectivity index (χ0) is 19.7. The van der Waals surface area contributed by atoms with Crippen molar-refractivity contribution in [2.45, 2.75) is 13.5 Å². The number of aromatic amines is 1. The highest BCUT2D eigenvalue weighted by atomic mass is 79.9. The zero-order valence-electron chi connectivity index (χ0n) is 14.8. The van der Waals surface area contributed by atoms with Gasteiger partial charge < -0.3 is 5.32 Å². The summed E-state index contributed by atoms with van der Waals surface area (Å²) in [7, 11) is 0. The number of nitrogens with zero attached hydrogens (tertiary/aromatic N) is 4. The summed E-state index contributed by atoms with van der Waals surface area (Å²) in [6.07, 6.45) is 1.38. The molecule has 0 bridgehead atoms. The van der Waals surface area contributed by atoms with Crippen molar-refractivity contribution in [2.24, 2.45) is 0 Å². The molecule has 2 aromatic carbocycles. The monoisotopic (exact) mass is 438 g/mol. The van der Waals surface area contributed by atoms with Gasteiger partial charge in [0.15, 0.2) is 5.82 Å². The lowest BCUT2D eigenvalue weighted by atomic mass is 10.2. The number of carbonyl (C=O) groups excluding carboxylic acids is 1. The molecule has 0 saturated heterocycles. The number of benzene rings is 2. The van der Waals surface area contributed by atoms with Crippen LogP contribution in [0.25, 0.3) is 22.3 Å². The van der Waals surface area contributed by atoms with Crippen LogP contribution < -0.4 is 10.9 Å². The lowest BCUT2D eigenvalue weighted by Gasteiger charge is -2.08. The molecule has 0 aliphatic carbocycles. The number of halogens is 1. The molecule has 0 spiro atoms. The van der Waals surface area contributed by atoms with Crippen molar-refractivity contribution in [3.63, 3.8) is 0 Å². The summed E-state index contributed by atoms with van der Waals surface area (Å²) in [6, 6.07) is 12.4. The number of hydrogen-bond acceptors (Lipinski definition) is 5. The standard InChI is InChI=1S/C19H15BrN6O2/c1-11-22-18(25-24-11)12-2-5-14(6-3-12)23-17(27)9-26-10-21-16-7-4-13(20)8-15(16)19(26)28/h2-8,10H,9H2,1H3,(H,23,27)(H,22,24,25). The van der Waals surface area contributed by atoms with E-state index in [1.54, 1.807) is 24.3 Å². The van der Waals surface area contributed by atoms with E-state index in [0.717, 1.165) is 15.9 Å². The molecule has 2 aromatic heterocycles. The second-order valence-corrected chi connectivity index (χ2v) is 7.12. The molecule has 0 aliphatic heterocycles. The second-order valence-electron chi connectivity index (χ2n) is 6.21. The van der Waals surface area contributed by atoms with Crippen LogP contribution in [0.15, 0.2) is 58.1 Å². The van der Waals surface area contributed by atoms with Crippen LogP contribution in [0.3, 0.4) is 0 Å². The van der Waals surface area contributed by atoms with E-state index in [1.807, 2.05) is 25.1 Å². The number of carbonyl (C=O) groups is 1. The van der Waals surface area contributed by atoms with Crippen LogP contribution in [0.1, 0.15) is 5.82 Å². The number of amides is 1. The van der Waals surface area contributed by atoms with Crippen LogP contribution in [-0.4, -0.2) is 30.6 Å². The molecule has 4 aromatic rings. The zero-order valence-corrected chi connectivity index (χ0v) is 16.4. The number of aryl methyl sites for hydroxylation is 1. The van der Waals surface area contributed by atoms with Gasteiger partial charge in [-0.1, -0.05) is 15.9 Å². The van der Waals surface area contributed by atoms with E-state index in [9.17, 15) is 9.59 Å². The predicted molar refractivity (Wildman–Crippen MR) is 109 cm³/mol. The fourth-order valence-electron chi connectivity index (χ4n) is 2.77. The maximum atomic E-state index is 12.6. The van der Waals surface area contributed by atoms with Crippen LogP contribution in [0, 0.1) is 6.92 Å². The Labute approximate surface area is 167 Å². The van der Waals surface area contributed by atoms with Crippen LogP contribution >= 0.6 is 15.9 Å².